The number of rotatable bonds is 5. The highest BCUT2D eigenvalue weighted by molar-refractivity contribution is 6.02. The lowest BCUT2D eigenvalue weighted by Gasteiger charge is -2.32. The van der Waals surface area contributed by atoms with Gasteiger partial charge in [0.15, 0.2) is 11.5 Å². The molecule has 0 radical (unpaired) electrons. The molecule has 1 N–H and O–H groups in total. The Bertz CT molecular complexity index is 752. The fourth-order valence-corrected chi connectivity index (χ4v) is 2.71. The highest BCUT2D eigenvalue weighted by Crippen LogP contribution is 2.17. The van der Waals surface area contributed by atoms with E-state index in [4.69, 9.17) is 0 Å². The number of benzene rings is 1. The lowest BCUT2D eigenvalue weighted by atomic mass is 10.2. The van der Waals surface area contributed by atoms with Crippen LogP contribution in [0.15, 0.2) is 36.4 Å². The number of carbonyl (C=O) groups is 2. The first-order valence-electron chi connectivity index (χ1n) is 8.43. The molecule has 8 heteroatoms. The third-order valence-electron chi connectivity index (χ3n) is 4.31. The number of hydrogen-bond acceptors (Lipinski definition) is 6. The molecule has 3 rings (SSSR count). The minimum atomic E-state index is -0.299. The molecule has 1 aromatic heterocycles. The van der Waals surface area contributed by atoms with Crippen LogP contribution < -0.4 is 15.1 Å². The summed E-state index contributed by atoms with van der Waals surface area (Å²) in [6.45, 7) is 2.74. The molecule has 8 nitrogen and oxygen atoms in total. The fraction of sp³-hybridized carbons (Fsp3) is 0.333. The van der Waals surface area contributed by atoms with Crippen molar-refractivity contribution in [3.05, 3.63) is 42.1 Å². The van der Waals surface area contributed by atoms with E-state index in [0.29, 0.717) is 37.7 Å². The van der Waals surface area contributed by atoms with Gasteiger partial charge in [-0.05, 0) is 36.4 Å². The van der Waals surface area contributed by atoms with Crippen molar-refractivity contribution in [2.45, 2.75) is 0 Å². The molecule has 2 heterocycles. The average Bonchev–Trinajstić information content (AvgIpc) is 2.68. The number of anilines is 3. The van der Waals surface area contributed by atoms with E-state index < -0.39 is 0 Å². The van der Waals surface area contributed by atoms with Crippen LogP contribution in [0.1, 0.15) is 10.5 Å². The first-order valence-corrected chi connectivity index (χ1v) is 8.43. The molecule has 1 saturated heterocycles. The van der Waals surface area contributed by atoms with Crippen molar-refractivity contribution < 1.29 is 9.59 Å². The van der Waals surface area contributed by atoms with Crippen molar-refractivity contribution in [3.8, 4) is 0 Å². The second-order valence-corrected chi connectivity index (χ2v) is 6.30. The highest BCUT2D eigenvalue weighted by Gasteiger charge is 2.17. The minimum absolute atomic E-state index is 0.261. The quantitative estimate of drug-likeness (QED) is 0.809. The second-order valence-electron chi connectivity index (χ2n) is 6.30. The predicted octanol–water partition coefficient (Wildman–Crippen LogP) is 1.07. The lowest BCUT2D eigenvalue weighted by Crippen LogP contribution is -2.46. The molecule has 0 saturated carbocycles. The number of nitrogens with one attached hydrogen (secondary N) is 1. The molecule has 1 aliphatic heterocycles. The Kier molecular flexibility index (Phi) is 5.31. The largest absolute Gasteiger partial charge is 0.378 e. The SMILES string of the molecule is CN(C)c1ccc(NC(=O)c2ccc(N3CCN(C=O)CC3)nn2)cc1. The average molecular weight is 354 g/mol. The summed E-state index contributed by atoms with van der Waals surface area (Å²) < 4.78 is 0. The first kappa shape index (κ1) is 17.7. The van der Waals surface area contributed by atoms with Crippen LogP contribution in [0.25, 0.3) is 0 Å². The summed E-state index contributed by atoms with van der Waals surface area (Å²) in [5.74, 6) is 0.412. The molecule has 1 fully saturated rings. The zero-order valence-electron chi connectivity index (χ0n) is 14.9. The number of aromatic nitrogens is 2. The van der Waals surface area contributed by atoms with Gasteiger partial charge in [0, 0.05) is 51.6 Å². The van der Waals surface area contributed by atoms with Gasteiger partial charge >= 0.3 is 0 Å². The Balaban J connectivity index is 1.61. The van der Waals surface area contributed by atoms with Crippen LogP contribution in [0, 0.1) is 0 Å². The van der Waals surface area contributed by atoms with Crippen LogP contribution in [0.2, 0.25) is 0 Å². The number of amides is 2. The van der Waals surface area contributed by atoms with Gasteiger partial charge in [0.1, 0.15) is 0 Å². The fourth-order valence-electron chi connectivity index (χ4n) is 2.71. The molecule has 1 aliphatic rings. The molecule has 1 aromatic carbocycles. The van der Waals surface area contributed by atoms with Gasteiger partial charge in [0.2, 0.25) is 6.41 Å². The van der Waals surface area contributed by atoms with Crippen LogP contribution >= 0.6 is 0 Å². The van der Waals surface area contributed by atoms with Crippen LogP contribution in [-0.2, 0) is 4.79 Å². The summed E-state index contributed by atoms with van der Waals surface area (Å²) in [4.78, 5) is 28.8. The second kappa shape index (κ2) is 7.81. The molecule has 0 spiro atoms. The molecular weight excluding hydrogens is 332 g/mol. The Hall–Kier alpha value is -3.16. The van der Waals surface area contributed by atoms with E-state index in [1.54, 1.807) is 17.0 Å². The van der Waals surface area contributed by atoms with Crippen LogP contribution in [0.3, 0.4) is 0 Å². The predicted molar refractivity (Wildman–Crippen MR) is 101 cm³/mol. The van der Waals surface area contributed by atoms with Crippen LogP contribution in [-0.4, -0.2) is 67.7 Å². The van der Waals surface area contributed by atoms with Gasteiger partial charge in [-0.25, -0.2) is 0 Å². The van der Waals surface area contributed by atoms with Crippen LogP contribution in [0.4, 0.5) is 17.2 Å². The summed E-state index contributed by atoms with van der Waals surface area (Å²) in [6, 6.07) is 11.0. The standard InChI is InChI=1S/C18H22N6O2/c1-22(2)15-5-3-14(4-6-15)19-18(26)16-7-8-17(21-20-16)24-11-9-23(13-25)10-12-24/h3-8,13H,9-12H2,1-2H3,(H,19,26). The van der Waals surface area contributed by atoms with E-state index in [9.17, 15) is 9.59 Å². The molecule has 2 aromatic rings. The number of nitrogens with zero attached hydrogens (tertiary/aromatic N) is 5. The number of hydrogen-bond donors (Lipinski definition) is 1. The van der Waals surface area contributed by atoms with Gasteiger partial charge in [-0.1, -0.05) is 0 Å². The van der Waals surface area contributed by atoms with Crippen molar-refractivity contribution in [2.24, 2.45) is 0 Å². The van der Waals surface area contributed by atoms with E-state index >= 15 is 0 Å². The van der Waals surface area contributed by atoms with Crippen LogP contribution in [0.5, 0.6) is 0 Å². The van der Waals surface area contributed by atoms with E-state index in [0.717, 1.165) is 12.1 Å². The summed E-state index contributed by atoms with van der Waals surface area (Å²) in [5.41, 5.74) is 2.02. The smallest absolute Gasteiger partial charge is 0.276 e. The summed E-state index contributed by atoms with van der Waals surface area (Å²) in [6.07, 6.45) is 0.863. The lowest BCUT2D eigenvalue weighted by molar-refractivity contribution is -0.118. The van der Waals surface area contributed by atoms with E-state index in [-0.39, 0.29) is 11.6 Å². The van der Waals surface area contributed by atoms with E-state index in [2.05, 4.69) is 20.4 Å². The molecule has 26 heavy (non-hydrogen) atoms. The van der Waals surface area contributed by atoms with Crippen molar-refractivity contribution in [2.75, 3.05) is 55.4 Å². The van der Waals surface area contributed by atoms with Gasteiger partial charge in [-0.15, -0.1) is 10.2 Å². The van der Waals surface area contributed by atoms with Gasteiger partial charge < -0.3 is 20.0 Å². The zero-order chi connectivity index (χ0) is 18.5. The third kappa shape index (κ3) is 4.08. The molecule has 0 unspecified atom stereocenters. The van der Waals surface area contributed by atoms with Crippen molar-refractivity contribution in [1.29, 1.82) is 0 Å². The monoisotopic (exact) mass is 354 g/mol. The Morgan fingerprint density at radius 2 is 1.73 bits per heavy atom. The Morgan fingerprint density at radius 1 is 1.04 bits per heavy atom. The summed E-state index contributed by atoms with van der Waals surface area (Å²) >= 11 is 0. The van der Waals surface area contributed by atoms with E-state index in [1.165, 1.54) is 0 Å². The van der Waals surface area contributed by atoms with E-state index in [1.807, 2.05) is 43.3 Å². The molecule has 136 valence electrons. The summed E-state index contributed by atoms with van der Waals surface area (Å²) in [5, 5.41) is 11.0. The van der Waals surface area contributed by atoms with Crippen molar-refractivity contribution in [1.82, 2.24) is 15.1 Å². The maximum atomic E-state index is 12.3. The Morgan fingerprint density at radius 3 is 2.27 bits per heavy atom. The van der Waals surface area contributed by atoms with Crippen molar-refractivity contribution in [3.63, 3.8) is 0 Å². The first-order chi connectivity index (χ1) is 12.6. The molecular formula is C18H22N6O2. The topological polar surface area (TPSA) is 81.7 Å². The normalized spacial score (nSPS) is 14.1. The van der Waals surface area contributed by atoms with Gasteiger partial charge in [-0.2, -0.15) is 0 Å². The Labute approximate surface area is 152 Å². The zero-order valence-corrected chi connectivity index (χ0v) is 14.9. The molecule has 0 aliphatic carbocycles. The summed E-state index contributed by atoms with van der Waals surface area (Å²) in [7, 11) is 3.92. The minimum Gasteiger partial charge on any atom is -0.378 e. The van der Waals surface area contributed by atoms with Crippen molar-refractivity contribution >= 4 is 29.5 Å². The van der Waals surface area contributed by atoms with Gasteiger partial charge in [-0.3, -0.25) is 9.59 Å². The number of carbonyl (C=O) groups excluding carboxylic acids is 2. The maximum Gasteiger partial charge on any atom is 0.276 e. The maximum absolute atomic E-state index is 12.3. The number of piperazine rings is 1. The molecule has 0 bridgehead atoms. The molecule has 0 atom stereocenters. The third-order valence-corrected chi connectivity index (χ3v) is 4.31. The van der Waals surface area contributed by atoms with Gasteiger partial charge in [0.05, 0.1) is 0 Å². The van der Waals surface area contributed by atoms with Gasteiger partial charge in [0.25, 0.3) is 5.91 Å². The highest BCUT2D eigenvalue weighted by atomic mass is 16.2. The molecule has 2 amide bonds.